The number of nitrogens with zero attached hydrogens (tertiary/aromatic N) is 1. The fourth-order valence-corrected chi connectivity index (χ4v) is 4.37. The normalized spacial score (nSPS) is 13.3. The number of benzene rings is 2. The van der Waals surface area contributed by atoms with E-state index in [-0.39, 0.29) is 31.5 Å². The molecule has 8 nitrogen and oxygen atoms in total. The number of nitrogens with one attached hydrogen (secondary N) is 3. The van der Waals surface area contributed by atoms with Gasteiger partial charge in [0.1, 0.15) is 18.0 Å². The van der Waals surface area contributed by atoms with Gasteiger partial charge in [0.15, 0.2) is 0 Å². The number of hydrogen-bond donors (Lipinski definition) is 3. The van der Waals surface area contributed by atoms with Gasteiger partial charge in [0.2, 0.25) is 0 Å². The summed E-state index contributed by atoms with van der Waals surface area (Å²) in [5.41, 5.74) is 4.82. The van der Waals surface area contributed by atoms with Crippen molar-refractivity contribution < 1.29 is 18.6 Å². The van der Waals surface area contributed by atoms with Crippen LogP contribution >= 0.6 is 37.3 Å². The van der Waals surface area contributed by atoms with Crippen molar-refractivity contribution in [2.45, 2.75) is 44.6 Å². The summed E-state index contributed by atoms with van der Waals surface area (Å²) < 4.78 is 12.3. The largest absolute Gasteiger partial charge is 0.496 e. The van der Waals surface area contributed by atoms with Gasteiger partial charge in [0.25, 0.3) is 5.91 Å². The van der Waals surface area contributed by atoms with E-state index in [0.29, 0.717) is 29.3 Å². The molecule has 0 bridgehead atoms. The van der Waals surface area contributed by atoms with Gasteiger partial charge < -0.3 is 15.4 Å². The molecule has 1 aliphatic carbocycles. The minimum absolute atomic E-state index is 0. The van der Waals surface area contributed by atoms with Crippen LogP contribution in [0.4, 0.5) is 10.5 Å². The molecule has 0 heterocycles. The molecule has 1 saturated carbocycles. The lowest BCUT2D eigenvalue weighted by atomic mass is 9.96. The first kappa shape index (κ1) is 29.0. The number of rotatable bonds is 10. The topological polar surface area (TPSA) is 91.9 Å². The summed E-state index contributed by atoms with van der Waals surface area (Å²) >= 11 is 7.03. The maximum absolute atomic E-state index is 12.5. The highest BCUT2D eigenvalue weighted by atomic mass is 35.5. The first-order valence-corrected chi connectivity index (χ1v) is 12.4. The number of ether oxygens (including phenoxy) is 1. The molecule has 0 unspecified atom stereocenters. The van der Waals surface area contributed by atoms with Gasteiger partial charge in [-0.3, -0.25) is 9.10 Å². The second-order valence-corrected chi connectivity index (χ2v) is 9.38. The summed E-state index contributed by atoms with van der Waals surface area (Å²) in [6, 6.07) is 12.7. The summed E-state index contributed by atoms with van der Waals surface area (Å²) in [6.07, 6.45) is 6.26. The Labute approximate surface area is 223 Å². The van der Waals surface area contributed by atoms with Crippen LogP contribution in [-0.4, -0.2) is 38.7 Å². The molecule has 2 aromatic rings. The Morgan fingerprint density at radius 1 is 1.11 bits per heavy atom. The van der Waals surface area contributed by atoms with E-state index in [1.165, 1.54) is 13.5 Å². The number of halogens is 1. The summed E-state index contributed by atoms with van der Waals surface area (Å²) in [5.74, 6) is 0.249. The van der Waals surface area contributed by atoms with Crippen molar-refractivity contribution in [3.63, 3.8) is 0 Å². The highest BCUT2D eigenvalue weighted by molar-refractivity contribution is 7.96. The van der Waals surface area contributed by atoms with Gasteiger partial charge in [0, 0.05) is 30.3 Å². The van der Waals surface area contributed by atoms with Crippen molar-refractivity contribution in [2.75, 3.05) is 25.0 Å². The molecule has 0 spiro atoms. The lowest BCUT2D eigenvalue weighted by Gasteiger charge is -2.23. The molecule has 35 heavy (non-hydrogen) atoms. The monoisotopic (exact) mass is 540 g/mol. The fourth-order valence-electron chi connectivity index (χ4n) is 3.76. The molecular weight excluding hydrogens is 508 g/mol. The zero-order valence-corrected chi connectivity index (χ0v) is 22.5. The number of anilines is 1. The summed E-state index contributed by atoms with van der Waals surface area (Å²) in [4.78, 5) is 24.4. The van der Waals surface area contributed by atoms with Crippen molar-refractivity contribution in [2.24, 2.45) is 0 Å². The van der Waals surface area contributed by atoms with E-state index in [1.54, 1.807) is 22.5 Å². The molecule has 11 heteroatoms. The smallest absolute Gasteiger partial charge is 0.339 e. The number of hydrogen-bond acceptors (Lipinski definition) is 6. The van der Waals surface area contributed by atoms with Crippen LogP contribution in [0.3, 0.4) is 0 Å². The number of amides is 3. The SMILES string of the molecule is COc1ccc(Cl)cc1C(=O)NCCc1ccc(N(C)SONC(=O)NC2CCCCC2)cc1.S. The standard InChI is InChI=1S/C24H31ClN4O4S.H2S/c1-29(34-33-28-24(31)27-19-6-4-3-5-7-19)20-11-8-17(9-12-20)14-15-26-23(30)21-16-18(25)10-13-22(21)32-2;/h8-13,16,19H,3-7,14-15H2,1-2H3,(H,26,30)(H2,27,28,31);1H2. The molecule has 0 radical (unpaired) electrons. The number of methoxy groups -OCH3 is 1. The third-order valence-corrected chi connectivity index (χ3v) is 6.46. The first-order chi connectivity index (χ1) is 16.5. The molecule has 3 rings (SSSR count). The lowest BCUT2D eigenvalue weighted by molar-refractivity contribution is 0.0951. The van der Waals surface area contributed by atoms with E-state index in [9.17, 15) is 9.59 Å². The Bertz CT molecular complexity index is 959. The quantitative estimate of drug-likeness (QED) is 0.223. The van der Waals surface area contributed by atoms with Crippen LogP contribution in [0.15, 0.2) is 42.5 Å². The van der Waals surface area contributed by atoms with Crippen molar-refractivity contribution >= 4 is 55.0 Å². The zero-order valence-electron chi connectivity index (χ0n) is 19.9. The molecule has 0 aliphatic heterocycles. The second-order valence-electron chi connectivity index (χ2n) is 8.08. The van der Waals surface area contributed by atoms with Crippen LogP contribution in [0.1, 0.15) is 48.0 Å². The lowest BCUT2D eigenvalue weighted by Crippen LogP contribution is -2.42. The molecule has 0 saturated heterocycles. The van der Waals surface area contributed by atoms with Crippen LogP contribution in [0.5, 0.6) is 5.75 Å². The Morgan fingerprint density at radius 2 is 1.83 bits per heavy atom. The Balaban J connectivity index is 0.00000432. The van der Waals surface area contributed by atoms with Gasteiger partial charge in [-0.05, 0) is 55.2 Å². The van der Waals surface area contributed by atoms with Crippen LogP contribution in [0.25, 0.3) is 0 Å². The molecule has 0 atom stereocenters. The maximum atomic E-state index is 12.5. The maximum Gasteiger partial charge on any atom is 0.339 e. The van der Waals surface area contributed by atoms with Gasteiger partial charge in [-0.1, -0.05) is 43.0 Å². The van der Waals surface area contributed by atoms with Crippen molar-refractivity contribution in [1.82, 2.24) is 16.1 Å². The Hall–Kier alpha value is -2.27. The van der Waals surface area contributed by atoms with E-state index in [0.717, 1.165) is 49.2 Å². The molecule has 3 N–H and O–H groups in total. The molecule has 3 amide bonds. The summed E-state index contributed by atoms with van der Waals surface area (Å²) in [7, 11) is 3.36. The van der Waals surface area contributed by atoms with E-state index in [2.05, 4.69) is 16.1 Å². The van der Waals surface area contributed by atoms with E-state index in [4.69, 9.17) is 20.6 Å². The number of hydroxylamine groups is 1. The van der Waals surface area contributed by atoms with E-state index < -0.39 is 0 Å². The van der Waals surface area contributed by atoms with Gasteiger partial charge in [-0.25, -0.2) is 10.3 Å². The van der Waals surface area contributed by atoms with E-state index >= 15 is 0 Å². The van der Waals surface area contributed by atoms with Gasteiger partial charge in [0.05, 0.1) is 12.7 Å². The second kappa shape index (κ2) is 15.0. The molecule has 1 aliphatic rings. The number of carbonyl (C=O) groups is 2. The van der Waals surface area contributed by atoms with E-state index in [1.807, 2.05) is 31.3 Å². The summed E-state index contributed by atoms with van der Waals surface area (Å²) in [6.45, 7) is 0.474. The first-order valence-electron chi connectivity index (χ1n) is 11.3. The number of urea groups is 1. The molecular formula is C24H33ClN4O4S2. The van der Waals surface area contributed by atoms with Gasteiger partial charge in [-0.2, -0.15) is 17.8 Å². The summed E-state index contributed by atoms with van der Waals surface area (Å²) in [5, 5.41) is 6.31. The molecule has 192 valence electrons. The highest BCUT2D eigenvalue weighted by Crippen LogP contribution is 2.23. The van der Waals surface area contributed by atoms with Crippen molar-refractivity contribution in [3.05, 3.63) is 58.6 Å². The highest BCUT2D eigenvalue weighted by Gasteiger charge is 2.16. The van der Waals surface area contributed by atoms with Gasteiger partial charge in [-0.15, -0.1) is 0 Å². The van der Waals surface area contributed by atoms with Crippen LogP contribution in [-0.2, 0) is 10.7 Å². The van der Waals surface area contributed by atoms with Crippen LogP contribution < -0.4 is 25.2 Å². The average Bonchev–Trinajstić information content (AvgIpc) is 2.85. The zero-order chi connectivity index (χ0) is 24.3. The minimum Gasteiger partial charge on any atom is -0.496 e. The van der Waals surface area contributed by atoms with Gasteiger partial charge >= 0.3 is 6.03 Å². The van der Waals surface area contributed by atoms with Crippen molar-refractivity contribution in [1.29, 1.82) is 0 Å². The number of carbonyl (C=O) groups excluding carboxylic acids is 2. The molecule has 0 aromatic heterocycles. The van der Waals surface area contributed by atoms with Crippen LogP contribution in [0, 0.1) is 0 Å². The van der Waals surface area contributed by atoms with Crippen LogP contribution in [0.2, 0.25) is 5.02 Å². The Morgan fingerprint density at radius 3 is 2.51 bits per heavy atom. The molecule has 2 aromatic carbocycles. The molecule has 1 fully saturated rings. The third kappa shape index (κ3) is 9.36. The predicted octanol–water partition coefficient (Wildman–Crippen LogP) is 5.00. The fraction of sp³-hybridized carbons (Fsp3) is 0.417. The Kier molecular flexibility index (Phi) is 12.4. The predicted molar refractivity (Wildman–Crippen MR) is 146 cm³/mol. The third-order valence-electron chi connectivity index (χ3n) is 5.63. The van der Waals surface area contributed by atoms with Crippen molar-refractivity contribution in [3.8, 4) is 5.75 Å². The minimum atomic E-state index is -0.319. The average molecular weight is 541 g/mol.